The van der Waals surface area contributed by atoms with Gasteiger partial charge in [-0.1, -0.05) is 30.3 Å². The van der Waals surface area contributed by atoms with Crippen LogP contribution in [0.5, 0.6) is 0 Å². The molecule has 146 valence electrons. The number of carbonyl (C=O) groups excluding carboxylic acids is 4. The average molecular weight is 385 g/mol. The van der Waals surface area contributed by atoms with Crippen molar-refractivity contribution in [2.45, 2.75) is 6.42 Å². The molecule has 0 saturated carbocycles. The van der Waals surface area contributed by atoms with Gasteiger partial charge in [-0.15, -0.1) is 0 Å². The minimum absolute atomic E-state index is 0.0225. The van der Waals surface area contributed by atoms with E-state index in [1.54, 1.807) is 6.08 Å². The molecular formula is C19H19N3O6. The Labute approximate surface area is 160 Å². The van der Waals surface area contributed by atoms with Crippen molar-refractivity contribution in [2.24, 2.45) is 0 Å². The van der Waals surface area contributed by atoms with E-state index >= 15 is 0 Å². The van der Waals surface area contributed by atoms with Gasteiger partial charge in [-0.25, -0.2) is 0 Å². The molecule has 0 bridgehead atoms. The second-order valence-electron chi connectivity index (χ2n) is 5.43. The highest BCUT2D eigenvalue weighted by Crippen LogP contribution is 2.00. The number of furan rings is 1. The highest BCUT2D eigenvalue weighted by atomic mass is 16.5. The van der Waals surface area contributed by atoms with Gasteiger partial charge >= 0.3 is 11.9 Å². The van der Waals surface area contributed by atoms with Crippen LogP contribution >= 0.6 is 0 Å². The first-order valence-electron chi connectivity index (χ1n) is 8.34. The molecule has 0 spiro atoms. The molecule has 0 aliphatic heterocycles. The van der Waals surface area contributed by atoms with E-state index in [2.05, 4.69) is 16.2 Å². The lowest BCUT2D eigenvalue weighted by molar-refractivity contribution is -0.148. The van der Waals surface area contributed by atoms with Crippen LogP contribution in [0.3, 0.4) is 0 Å². The fourth-order valence-electron chi connectivity index (χ4n) is 1.93. The number of hydrazine groups is 1. The lowest BCUT2D eigenvalue weighted by Crippen LogP contribution is -2.43. The number of rotatable bonds is 8. The Bertz CT molecular complexity index is 831. The molecule has 2 aromatic rings. The van der Waals surface area contributed by atoms with Crippen LogP contribution < -0.4 is 16.2 Å². The standard InChI is InChI=1S/C19H19N3O6/c23-16(9-8-14-5-2-1-3-6-14)20-11-10-18(25)28-13-17(24)21-22-19(26)15-7-4-12-27-15/h1-9,12H,10-11,13H2,(H,20,23)(H,21,24)(H,22,26)/b9-8+. The number of nitrogens with one attached hydrogen (secondary N) is 3. The Morgan fingerprint density at radius 2 is 1.79 bits per heavy atom. The highest BCUT2D eigenvalue weighted by Gasteiger charge is 2.11. The van der Waals surface area contributed by atoms with Crippen LogP contribution in [0.1, 0.15) is 22.5 Å². The van der Waals surface area contributed by atoms with Gasteiger partial charge < -0.3 is 14.5 Å². The first kappa shape index (κ1) is 20.4. The van der Waals surface area contributed by atoms with Gasteiger partial charge in [-0.05, 0) is 23.8 Å². The Morgan fingerprint density at radius 1 is 1.00 bits per heavy atom. The number of carbonyl (C=O) groups is 4. The SMILES string of the molecule is O=C(/C=C/c1ccccc1)NCCC(=O)OCC(=O)NNC(=O)c1ccco1. The minimum atomic E-state index is -0.719. The summed E-state index contributed by atoms with van der Waals surface area (Å²) < 4.78 is 9.59. The molecule has 2 rings (SSSR count). The molecule has 0 aliphatic rings. The van der Waals surface area contributed by atoms with Crippen LogP contribution in [0.2, 0.25) is 0 Å². The van der Waals surface area contributed by atoms with E-state index in [0.29, 0.717) is 0 Å². The van der Waals surface area contributed by atoms with E-state index in [1.807, 2.05) is 30.3 Å². The Hall–Kier alpha value is -3.88. The zero-order valence-electron chi connectivity index (χ0n) is 14.8. The first-order chi connectivity index (χ1) is 13.5. The zero-order chi connectivity index (χ0) is 20.2. The summed E-state index contributed by atoms with van der Waals surface area (Å²) in [5.41, 5.74) is 5.06. The molecule has 1 aromatic heterocycles. The Balaban J connectivity index is 1.56. The van der Waals surface area contributed by atoms with Crippen molar-refractivity contribution in [3.05, 3.63) is 66.1 Å². The molecule has 1 heterocycles. The summed E-state index contributed by atoms with van der Waals surface area (Å²) in [5.74, 6) is -2.36. The van der Waals surface area contributed by atoms with Crippen molar-refractivity contribution in [1.29, 1.82) is 0 Å². The monoisotopic (exact) mass is 385 g/mol. The van der Waals surface area contributed by atoms with Gasteiger partial charge in [0.2, 0.25) is 5.91 Å². The quantitative estimate of drug-likeness (QED) is 0.351. The van der Waals surface area contributed by atoms with Gasteiger partial charge in [0.05, 0.1) is 12.7 Å². The van der Waals surface area contributed by atoms with E-state index < -0.39 is 24.4 Å². The maximum atomic E-state index is 11.6. The highest BCUT2D eigenvalue weighted by molar-refractivity contribution is 5.93. The fraction of sp³-hybridized carbons (Fsp3) is 0.158. The van der Waals surface area contributed by atoms with Crippen LogP contribution in [0.15, 0.2) is 59.2 Å². The fourth-order valence-corrected chi connectivity index (χ4v) is 1.93. The molecule has 0 unspecified atom stereocenters. The minimum Gasteiger partial charge on any atom is -0.459 e. The molecule has 0 fully saturated rings. The van der Waals surface area contributed by atoms with Gasteiger partial charge in [0, 0.05) is 12.6 Å². The van der Waals surface area contributed by atoms with Gasteiger partial charge in [0.15, 0.2) is 12.4 Å². The van der Waals surface area contributed by atoms with E-state index in [-0.39, 0.29) is 24.6 Å². The molecule has 0 radical (unpaired) electrons. The Kier molecular flexibility index (Phi) is 8.00. The predicted molar refractivity (Wildman–Crippen MR) is 98.4 cm³/mol. The summed E-state index contributed by atoms with van der Waals surface area (Å²) in [6.45, 7) is -0.507. The topological polar surface area (TPSA) is 127 Å². The van der Waals surface area contributed by atoms with Gasteiger partial charge in [-0.3, -0.25) is 30.0 Å². The van der Waals surface area contributed by atoms with E-state index in [0.717, 1.165) is 5.56 Å². The number of ether oxygens (including phenoxy) is 1. The summed E-state index contributed by atoms with van der Waals surface area (Å²) in [7, 11) is 0. The predicted octanol–water partition coefficient (Wildman–Crippen LogP) is 0.803. The van der Waals surface area contributed by atoms with Crippen molar-refractivity contribution in [1.82, 2.24) is 16.2 Å². The van der Waals surface area contributed by atoms with Crippen molar-refractivity contribution in [3.8, 4) is 0 Å². The molecule has 0 saturated heterocycles. The summed E-state index contributed by atoms with van der Waals surface area (Å²) in [5, 5.41) is 2.53. The van der Waals surface area contributed by atoms with E-state index in [1.165, 1.54) is 24.5 Å². The lowest BCUT2D eigenvalue weighted by Gasteiger charge is -2.07. The summed E-state index contributed by atoms with van der Waals surface area (Å²) in [6, 6.07) is 12.2. The third-order valence-corrected chi connectivity index (χ3v) is 3.28. The summed E-state index contributed by atoms with van der Waals surface area (Å²) >= 11 is 0. The third-order valence-electron chi connectivity index (χ3n) is 3.28. The van der Waals surface area contributed by atoms with Crippen LogP contribution in [-0.2, 0) is 19.1 Å². The zero-order valence-corrected chi connectivity index (χ0v) is 14.8. The third kappa shape index (κ3) is 7.56. The van der Waals surface area contributed by atoms with E-state index in [4.69, 9.17) is 9.15 Å². The van der Waals surface area contributed by atoms with E-state index in [9.17, 15) is 19.2 Å². The van der Waals surface area contributed by atoms with Gasteiger partial charge in [0.25, 0.3) is 5.91 Å². The molecule has 3 N–H and O–H groups in total. The maximum absolute atomic E-state index is 11.6. The average Bonchev–Trinajstić information content (AvgIpc) is 3.24. The molecule has 9 nitrogen and oxygen atoms in total. The number of esters is 1. The van der Waals surface area contributed by atoms with Crippen molar-refractivity contribution in [2.75, 3.05) is 13.2 Å². The second-order valence-corrected chi connectivity index (χ2v) is 5.43. The van der Waals surface area contributed by atoms with Crippen molar-refractivity contribution < 1.29 is 28.3 Å². The second kappa shape index (κ2) is 11.0. The maximum Gasteiger partial charge on any atom is 0.308 e. The normalized spacial score (nSPS) is 10.3. The molecule has 3 amide bonds. The van der Waals surface area contributed by atoms with Crippen LogP contribution in [-0.4, -0.2) is 36.8 Å². The number of benzene rings is 1. The molecule has 0 aliphatic carbocycles. The molecule has 1 aromatic carbocycles. The number of hydrogen-bond donors (Lipinski definition) is 3. The molecule has 9 heteroatoms. The van der Waals surface area contributed by atoms with Crippen LogP contribution in [0.4, 0.5) is 0 Å². The molecule has 28 heavy (non-hydrogen) atoms. The lowest BCUT2D eigenvalue weighted by atomic mass is 10.2. The molecule has 0 atom stereocenters. The summed E-state index contributed by atoms with van der Waals surface area (Å²) in [4.78, 5) is 46.2. The van der Waals surface area contributed by atoms with Gasteiger partial charge in [0.1, 0.15) is 0 Å². The number of amides is 3. The summed E-state index contributed by atoms with van der Waals surface area (Å²) in [6.07, 6.45) is 4.22. The number of hydrogen-bond acceptors (Lipinski definition) is 6. The Morgan fingerprint density at radius 3 is 2.50 bits per heavy atom. The van der Waals surface area contributed by atoms with Crippen molar-refractivity contribution >= 4 is 29.8 Å². The smallest absolute Gasteiger partial charge is 0.308 e. The van der Waals surface area contributed by atoms with Crippen molar-refractivity contribution in [3.63, 3.8) is 0 Å². The molecular weight excluding hydrogens is 366 g/mol. The first-order valence-corrected chi connectivity index (χ1v) is 8.34. The van der Waals surface area contributed by atoms with Gasteiger partial charge in [-0.2, -0.15) is 0 Å². The van der Waals surface area contributed by atoms with Crippen LogP contribution in [0.25, 0.3) is 6.08 Å². The van der Waals surface area contributed by atoms with Crippen LogP contribution in [0, 0.1) is 0 Å². The largest absolute Gasteiger partial charge is 0.459 e.